The minimum Gasteiger partial charge on any atom is -0.493 e. The molecule has 0 saturated heterocycles. The first kappa shape index (κ1) is 13.9. The molecule has 0 aliphatic heterocycles. The predicted octanol–water partition coefficient (Wildman–Crippen LogP) is 2.07. The zero-order valence-electron chi connectivity index (χ0n) is 11.7. The maximum Gasteiger partial charge on any atom is 0.326 e. The Balaban J connectivity index is 1.56. The predicted molar refractivity (Wildman–Crippen MR) is 76.3 cm³/mol. The van der Waals surface area contributed by atoms with E-state index in [0.29, 0.717) is 11.5 Å². The van der Waals surface area contributed by atoms with Crippen molar-refractivity contribution in [2.45, 2.75) is 31.7 Å². The van der Waals surface area contributed by atoms with Crippen LogP contribution in [0.1, 0.15) is 36.0 Å². The monoisotopic (exact) mass is 289 g/mol. The number of hydrogen-bond acceptors (Lipinski definition) is 3. The van der Waals surface area contributed by atoms with Crippen molar-refractivity contribution in [3.63, 3.8) is 0 Å². The Bertz CT molecular complexity index is 532. The highest BCUT2D eigenvalue weighted by Gasteiger charge is 2.37. The number of aliphatic carboxylic acids is 1. The van der Waals surface area contributed by atoms with Gasteiger partial charge in [0.1, 0.15) is 11.8 Å². The lowest BCUT2D eigenvalue weighted by Crippen LogP contribution is -2.42. The molecule has 2 N–H and O–H groups in total. The molecule has 21 heavy (non-hydrogen) atoms. The van der Waals surface area contributed by atoms with Crippen molar-refractivity contribution in [1.29, 1.82) is 0 Å². The fourth-order valence-electron chi connectivity index (χ4n) is 2.24. The van der Waals surface area contributed by atoms with Crippen molar-refractivity contribution in [2.24, 2.45) is 11.8 Å². The number of hydrogen-bond donors (Lipinski definition) is 2. The summed E-state index contributed by atoms with van der Waals surface area (Å²) in [5.74, 6) is 0.198. The Kier molecular flexibility index (Phi) is 3.82. The van der Waals surface area contributed by atoms with Crippen LogP contribution in [0.15, 0.2) is 24.3 Å². The molecule has 2 fully saturated rings. The zero-order chi connectivity index (χ0) is 14.8. The lowest BCUT2D eigenvalue weighted by molar-refractivity contribution is -0.139. The van der Waals surface area contributed by atoms with Crippen LogP contribution in [0, 0.1) is 11.8 Å². The maximum atomic E-state index is 12.1. The van der Waals surface area contributed by atoms with E-state index in [4.69, 9.17) is 9.84 Å². The van der Waals surface area contributed by atoms with E-state index in [1.54, 1.807) is 24.3 Å². The zero-order valence-corrected chi connectivity index (χ0v) is 11.7. The molecule has 3 rings (SSSR count). The highest BCUT2D eigenvalue weighted by molar-refractivity contribution is 5.96. The first-order valence-electron chi connectivity index (χ1n) is 7.40. The summed E-state index contributed by atoms with van der Waals surface area (Å²) in [5, 5.41) is 11.7. The van der Waals surface area contributed by atoms with E-state index in [9.17, 15) is 9.59 Å². The van der Waals surface area contributed by atoms with Crippen LogP contribution >= 0.6 is 0 Å². The quantitative estimate of drug-likeness (QED) is 0.805. The third-order valence-electron chi connectivity index (χ3n) is 3.95. The molecule has 2 aliphatic rings. The van der Waals surface area contributed by atoms with Gasteiger partial charge in [0.05, 0.1) is 6.61 Å². The van der Waals surface area contributed by atoms with Crippen LogP contribution in [-0.2, 0) is 4.79 Å². The van der Waals surface area contributed by atoms with Crippen LogP contribution in [0.25, 0.3) is 0 Å². The summed E-state index contributed by atoms with van der Waals surface area (Å²) in [6.07, 6.45) is 4.20. The number of carboxylic acid groups (broad SMARTS) is 1. The lowest BCUT2D eigenvalue weighted by Gasteiger charge is -2.13. The second kappa shape index (κ2) is 5.76. The fourth-order valence-corrected chi connectivity index (χ4v) is 2.24. The van der Waals surface area contributed by atoms with Crippen molar-refractivity contribution < 1.29 is 19.4 Å². The average Bonchev–Trinajstić information content (AvgIpc) is 3.36. The minimum atomic E-state index is -0.963. The molecule has 2 aliphatic carbocycles. The van der Waals surface area contributed by atoms with Crippen LogP contribution in [0.3, 0.4) is 0 Å². The van der Waals surface area contributed by atoms with E-state index in [2.05, 4.69) is 5.32 Å². The number of amides is 1. The third-order valence-corrected chi connectivity index (χ3v) is 3.95. The second-order valence-corrected chi connectivity index (χ2v) is 5.91. The Morgan fingerprint density at radius 1 is 1.19 bits per heavy atom. The van der Waals surface area contributed by atoms with Gasteiger partial charge in [-0.25, -0.2) is 4.79 Å². The van der Waals surface area contributed by atoms with Crippen LogP contribution in [0.2, 0.25) is 0 Å². The van der Waals surface area contributed by atoms with Crippen molar-refractivity contribution in [1.82, 2.24) is 5.32 Å². The number of ether oxygens (including phenoxy) is 1. The Hall–Kier alpha value is -2.04. The molecule has 2 saturated carbocycles. The van der Waals surface area contributed by atoms with Crippen LogP contribution in [0.4, 0.5) is 0 Å². The molecule has 112 valence electrons. The summed E-state index contributed by atoms with van der Waals surface area (Å²) in [6, 6.07) is 6.07. The van der Waals surface area contributed by atoms with Gasteiger partial charge in [-0.3, -0.25) is 4.79 Å². The molecule has 0 heterocycles. The van der Waals surface area contributed by atoms with E-state index in [-0.39, 0.29) is 11.8 Å². The number of carbonyl (C=O) groups is 2. The fraction of sp³-hybridized carbons (Fsp3) is 0.500. The first-order valence-corrected chi connectivity index (χ1v) is 7.40. The Morgan fingerprint density at radius 3 is 2.38 bits per heavy atom. The van der Waals surface area contributed by atoms with Gasteiger partial charge in [-0.1, -0.05) is 0 Å². The summed E-state index contributed by atoms with van der Waals surface area (Å²) < 4.78 is 5.61. The van der Waals surface area contributed by atoms with Gasteiger partial charge in [0.15, 0.2) is 0 Å². The van der Waals surface area contributed by atoms with Crippen LogP contribution < -0.4 is 10.1 Å². The van der Waals surface area contributed by atoms with E-state index in [1.165, 1.54) is 12.8 Å². The van der Waals surface area contributed by atoms with E-state index >= 15 is 0 Å². The SMILES string of the molecule is O=C(NC(C(=O)O)C1CC1)c1ccc(OCC2CC2)cc1. The molecule has 0 spiro atoms. The standard InChI is InChI=1S/C16H19NO4/c18-15(17-14(16(19)20)11-3-4-11)12-5-7-13(8-6-12)21-9-10-1-2-10/h5-8,10-11,14H,1-4,9H2,(H,17,18)(H,19,20). The molecule has 1 unspecified atom stereocenters. The van der Waals surface area contributed by atoms with Crippen LogP contribution in [-0.4, -0.2) is 29.6 Å². The average molecular weight is 289 g/mol. The summed E-state index contributed by atoms with van der Waals surface area (Å²) in [6.45, 7) is 0.730. The normalized spacial score (nSPS) is 18.9. The van der Waals surface area contributed by atoms with Gasteiger partial charge in [0.2, 0.25) is 0 Å². The molecular weight excluding hydrogens is 270 g/mol. The summed E-state index contributed by atoms with van der Waals surface area (Å²) >= 11 is 0. The molecule has 1 atom stereocenters. The van der Waals surface area contributed by atoms with Gasteiger partial charge >= 0.3 is 5.97 Å². The number of nitrogens with one attached hydrogen (secondary N) is 1. The van der Waals surface area contributed by atoms with E-state index in [1.807, 2.05) is 0 Å². The van der Waals surface area contributed by atoms with Gasteiger partial charge in [-0.05, 0) is 61.8 Å². The van der Waals surface area contributed by atoms with E-state index < -0.39 is 12.0 Å². The van der Waals surface area contributed by atoms with Crippen molar-refractivity contribution in [3.8, 4) is 5.75 Å². The molecule has 1 amide bonds. The number of carboxylic acids is 1. The van der Waals surface area contributed by atoms with Crippen molar-refractivity contribution in [2.75, 3.05) is 6.61 Å². The third kappa shape index (κ3) is 3.74. The number of rotatable bonds is 7. The van der Waals surface area contributed by atoms with Gasteiger partial charge < -0.3 is 15.2 Å². The van der Waals surface area contributed by atoms with Crippen molar-refractivity contribution >= 4 is 11.9 Å². The summed E-state index contributed by atoms with van der Waals surface area (Å²) in [4.78, 5) is 23.2. The minimum absolute atomic E-state index is 0.0765. The molecule has 0 aromatic heterocycles. The van der Waals surface area contributed by atoms with Gasteiger partial charge in [-0.2, -0.15) is 0 Å². The number of benzene rings is 1. The van der Waals surface area contributed by atoms with Gasteiger partial charge in [0.25, 0.3) is 5.91 Å². The molecule has 1 aromatic carbocycles. The van der Waals surface area contributed by atoms with Gasteiger partial charge in [0, 0.05) is 5.56 Å². The smallest absolute Gasteiger partial charge is 0.326 e. The molecule has 5 heteroatoms. The van der Waals surface area contributed by atoms with Crippen LogP contribution in [0.5, 0.6) is 5.75 Å². The molecule has 0 radical (unpaired) electrons. The van der Waals surface area contributed by atoms with Gasteiger partial charge in [-0.15, -0.1) is 0 Å². The molecule has 5 nitrogen and oxygen atoms in total. The highest BCUT2D eigenvalue weighted by atomic mass is 16.5. The summed E-state index contributed by atoms with van der Waals surface area (Å²) in [7, 11) is 0. The number of carbonyl (C=O) groups excluding carboxylic acids is 1. The summed E-state index contributed by atoms with van der Waals surface area (Å²) in [5.41, 5.74) is 0.459. The Morgan fingerprint density at radius 2 is 1.86 bits per heavy atom. The maximum absolute atomic E-state index is 12.1. The highest BCUT2D eigenvalue weighted by Crippen LogP contribution is 2.33. The van der Waals surface area contributed by atoms with E-state index in [0.717, 1.165) is 25.2 Å². The topological polar surface area (TPSA) is 75.6 Å². The molecule has 0 bridgehead atoms. The lowest BCUT2D eigenvalue weighted by atomic mass is 10.1. The molecular formula is C16H19NO4. The Labute approximate surface area is 123 Å². The largest absolute Gasteiger partial charge is 0.493 e. The first-order chi connectivity index (χ1) is 10.1. The van der Waals surface area contributed by atoms with Crippen molar-refractivity contribution in [3.05, 3.63) is 29.8 Å². The molecule has 1 aromatic rings. The second-order valence-electron chi connectivity index (χ2n) is 5.91.